The molecule has 16 heavy (non-hydrogen) atoms. The van der Waals surface area contributed by atoms with Gasteiger partial charge in [0.25, 0.3) is 0 Å². The summed E-state index contributed by atoms with van der Waals surface area (Å²) in [7, 11) is 0. The average Bonchev–Trinajstić information content (AvgIpc) is 2.12. The Morgan fingerprint density at radius 3 is 2.75 bits per heavy atom. The predicted octanol–water partition coefficient (Wildman–Crippen LogP) is 1.98. The van der Waals surface area contributed by atoms with Gasteiger partial charge in [-0.15, -0.1) is 5.10 Å². The molecule has 1 amide bonds. The summed E-state index contributed by atoms with van der Waals surface area (Å²) in [5.41, 5.74) is 4.29. The van der Waals surface area contributed by atoms with E-state index in [4.69, 9.17) is 16.3 Å². The summed E-state index contributed by atoms with van der Waals surface area (Å²) in [5, 5.41) is 7.71. The minimum Gasteiger partial charge on any atom is -0.443 e. The van der Waals surface area contributed by atoms with Gasteiger partial charge in [-0.1, -0.05) is 11.6 Å². The van der Waals surface area contributed by atoms with Crippen molar-refractivity contribution < 1.29 is 9.53 Å². The van der Waals surface area contributed by atoms with Crippen LogP contribution in [-0.2, 0) is 4.74 Å². The van der Waals surface area contributed by atoms with Crippen molar-refractivity contribution in [3.05, 3.63) is 17.3 Å². The molecule has 1 aromatic rings. The van der Waals surface area contributed by atoms with Crippen molar-refractivity contribution in [3.8, 4) is 0 Å². The molecule has 0 aliphatic heterocycles. The first-order valence-electron chi connectivity index (χ1n) is 4.60. The van der Waals surface area contributed by atoms with Crippen LogP contribution >= 0.6 is 11.6 Å². The van der Waals surface area contributed by atoms with Crippen LogP contribution in [-0.4, -0.2) is 21.9 Å². The summed E-state index contributed by atoms with van der Waals surface area (Å²) >= 11 is 5.68. The fourth-order valence-electron chi connectivity index (χ4n) is 0.823. The maximum Gasteiger partial charge on any atom is 0.426 e. The van der Waals surface area contributed by atoms with Crippen LogP contribution in [0.4, 0.5) is 10.6 Å². The van der Waals surface area contributed by atoms with Gasteiger partial charge >= 0.3 is 6.09 Å². The molecule has 0 aliphatic rings. The molecule has 1 aromatic heterocycles. The number of carbonyl (C=O) groups excluding carboxylic acids is 1. The summed E-state index contributed by atoms with van der Waals surface area (Å²) in [6.45, 7) is 5.31. The fraction of sp³-hybridized carbons (Fsp3) is 0.444. The molecule has 0 bridgehead atoms. The van der Waals surface area contributed by atoms with Gasteiger partial charge in [-0.3, -0.25) is 5.43 Å². The molecule has 2 N–H and O–H groups in total. The highest BCUT2D eigenvalue weighted by atomic mass is 35.5. The average molecular weight is 245 g/mol. The van der Waals surface area contributed by atoms with Crippen molar-refractivity contribution in [1.82, 2.24) is 15.6 Å². The normalized spacial score (nSPS) is 10.8. The Hall–Kier alpha value is -1.56. The van der Waals surface area contributed by atoms with E-state index >= 15 is 0 Å². The third kappa shape index (κ3) is 4.79. The number of hydrogen-bond acceptors (Lipinski definition) is 5. The lowest BCUT2D eigenvalue weighted by Crippen LogP contribution is -2.36. The first kappa shape index (κ1) is 12.5. The molecular weight excluding hydrogens is 232 g/mol. The number of ether oxygens (including phenoxy) is 1. The molecule has 7 heteroatoms. The van der Waals surface area contributed by atoms with E-state index in [1.807, 2.05) is 0 Å². The number of nitrogens with zero attached hydrogens (tertiary/aromatic N) is 2. The van der Waals surface area contributed by atoms with Crippen LogP contribution < -0.4 is 10.9 Å². The molecule has 0 saturated heterocycles. The van der Waals surface area contributed by atoms with Crippen LogP contribution in [0.25, 0.3) is 0 Å². The van der Waals surface area contributed by atoms with Crippen molar-refractivity contribution in [3.63, 3.8) is 0 Å². The van der Waals surface area contributed by atoms with E-state index in [0.29, 0.717) is 10.8 Å². The van der Waals surface area contributed by atoms with E-state index in [9.17, 15) is 4.79 Å². The molecular formula is C9H13ClN4O2. The second kappa shape index (κ2) is 4.98. The zero-order chi connectivity index (χ0) is 12.2. The van der Waals surface area contributed by atoms with E-state index < -0.39 is 11.7 Å². The fourth-order valence-corrected chi connectivity index (χ4v) is 0.970. The number of nitrogens with one attached hydrogen (secondary N) is 2. The molecule has 6 nitrogen and oxygen atoms in total. The topological polar surface area (TPSA) is 76.1 Å². The highest BCUT2D eigenvalue weighted by molar-refractivity contribution is 6.30. The lowest BCUT2D eigenvalue weighted by molar-refractivity contribution is 0.0541. The van der Waals surface area contributed by atoms with Gasteiger partial charge in [-0.05, 0) is 20.8 Å². The zero-order valence-electron chi connectivity index (χ0n) is 9.24. The second-order valence-electron chi connectivity index (χ2n) is 4.01. The van der Waals surface area contributed by atoms with Crippen LogP contribution in [0.2, 0.25) is 5.02 Å². The van der Waals surface area contributed by atoms with E-state index in [1.165, 1.54) is 12.3 Å². The van der Waals surface area contributed by atoms with Crippen LogP contribution in [0.1, 0.15) is 20.8 Å². The Kier molecular flexibility index (Phi) is 3.89. The summed E-state index contributed by atoms with van der Waals surface area (Å²) in [5.74, 6) is 0.332. The number of hydrazine groups is 1. The van der Waals surface area contributed by atoms with E-state index in [-0.39, 0.29) is 0 Å². The molecule has 0 unspecified atom stereocenters. The molecule has 0 fully saturated rings. The Bertz CT molecular complexity index is 378. The molecule has 0 radical (unpaired) electrons. The van der Waals surface area contributed by atoms with Crippen molar-refractivity contribution >= 4 is 23.5 Å². The van der Waals surface area contributed by atoms with E-state index in [1.54, 1.807) is 20.8 Å². The Morgan fingerprint density at radius 1 is 1.50 bits per heavy atom. The number of hydrogen-bond donors (Lipinski definition) is 2. The molecule has 0 aromatic carbocycles. The monoisotopic (exact) mass is 244 g/mol. The van der Waals surface area contributed by atoms with Gasteiger partial charge in [0.2, 0.25) is 0 Å². The van der Waals surface area contributed by atoms with Gasteiger partial charge in [0.1, 0.15) is 5.60 Å². The van der Waals surface area contributed by atoms with Crippen molar-refractivity contribution in [1.29, 1.82) is 0 Å². The smallest absolute Gasteiger partial charge is 0.426 e. The van der Waals surface area contributed by atoms with Crippen LogP contribution in [0.5, 0.6) is 0 Å². The molecule has 0 spiro atoms. The van der Waals surface area contributed by atoms with Gasteiger partial charge in [0.15, 0.2) is 5.82 Å². The van der Waals surface area contributed by atoms with Crippen molar-refractivity contribution in [2.75, 3.05) is 5.43 Å². The van der Waals surface area contributed by atoms with E-state index in [0.717, 1.165) is 0 Å². The minimum absolute atomic E-state index is 0.332. The Labute approximate surface area is 98.3 Å². The predicted molar refractivity (Wildman–Crippen MR) is 60.0 cm³/mol. The zero-order valence-corrected chi connectivity index (χ0v) is 10.00. The molecule has 1 rings (SSSR count). The highest BCUT2D eigenvalue weighted by Crippen LogP contribution is 2.09. The number of carbonyl (C=O) groups is 1. The number of rotatable bonds is 2. The number of anilines is 1. The minimum atomic E-state index is -0.603. The first-order valence-corrected chi connectivity index (χ1v) is 4.98. The third-order valence-corrected chi connectivity index (χ3v) is 1.52. The molecule has 0 aliphatic carbocycles. The van der Waals surface area contributed by atoms with Crippen LogP contribution in [0, 0.1) is 0 Å². The van der Waals surface area contributed by atoms with Crippen molar-refractivity contribution in [2.24, 2.45) is 0 Å². The standard InChI is InChI=1S/C9H13ClN4O2/c1-9(2,3)16-8(15)14-13-7-4-6(10)5-11-12-7/h4-5H,1-3H3,(H,12,13)(H,14,15). The lowest BCUT2D eigenvalue weighted by atomic mass is 10.2. The molecule has 88 valence electrons. The van der Waals surface area contributed by atoms with E-state index in [2.05, 4.69) is 21.0 Å². The maximum atomic E-state index is 11.2. The Balaban J connectivity index is 2.43. The molecule has 0 saturated carbocycles. The van der Waals surface area contributed by atoms with Gasteiger partial charge < -0.3 is 4.74 Å². The number of aromatic nitrogens is 2. The second-order valence-corrected chi connectivity index (χ2v) is 4.45. The number of halogens is 1. The summed E-state index contributed by atoms with van der Waals surface area (Å²) in [6, 6.07) is 1.52. The highest BCUT2D eigenvalue weighted by Gasteiger charge is 2.15. The summed E-state index contributed by atoms with van der Waals surface area (Å²) < 4.78 is 5.00. The third-order valence-electron chi connectivity index (χ3n) is 1.31. The molecule has 0 atom stereocenters. The van der Waals surface area contributed by atoms with Crippen LogP contribution in [0.15, 0.2) is 12.3 Å². The Morgan fingerprint density at radius 2 is 2.19 bits per heavy atom. The van der Waals surface area contributed by atoms with Gasteiger partial charge in [0, 0.05) is 6.07 Å². The molecule has 1 heterocycles. The quantitative estimate of drug-likeness (QED) is 0.778. The van der Waals surface area contributed by atoms with Crippen molar-refractivity contribution in [2.45, 2.75) is 26.4 Å². The largest absolute Gasteiger partial charge is 0.443 e. The SMILES string of the molecule is CC(C)(C)OC(=O)NNc1cc(Cl)cnn1. The van der Waals surface area contributed by atoms with Gasteiger partial charge in [0.05, 0.1) is 11.2 Å². The summed E-state index contributed by atoms with van der Waals surface area (Å²) in [4.78, 5) is 11.2. The van der Waals surface area contributed by atoms with Gasteiger partial charge in [-0.2, -0.15) is 5.10 Å². The van der Waals surface area contributed by atoms with Crippen LogP contribution in [0.3, 0.4) is 0 Å². The number of amides is 1. The van der Waals surface area contributed by atoms with Gasteiger partial charge in [-0.25, -0.2) is 10.2 Å². The first-order chi connectivity index (χ1) is 7.37. The maximum absolute atomic E-state index is 11.2. The summed E-state index contributed by atoms with van der Waals surface area (Å²) in [6.07, 6.45) is 0.787. The lowest BCUT2D eigenvalue weighted by Gasteiger charge is -2.19.